The van der Waals surface area contributed by atoms with Gasteiger partial charge in [-0.2, -0.15) is 0 Å². The van der Waals surface area contributed by atoms with Crippen molar-refractivity contribution in [3.05, 3.63) is 29.0 Å². The van der Waals surface area contributed by atoms with E-state index in [9.17, 15) is 9.90 Å². The van der Waals surface area contributed by atoms with Crippen LogP contribution in [0.3, 0.4) is 0 Å². The standard InChI is InChI=1S/C17H20O5/c1-5-20-12-8-17(3,4)22-11-7-6-10-13(14(11)12)9(2)15(21-10)16(18)19/h6-7,12H,5,8H2,1-4H3,(H,18,19). The van der Waals surface area contributed by atoms with E-state index in [1.165, 1.54) is 0 Å². The van der Waals surface area contributed by atoms with Gasteiger partial charge in [0.05, 0.1) is 6.10 Å². The van der Waals surface area contributed by atoms with Crippen molar-refractivity contribution in [2.24, 2.45) is 0 Å². The largest absolute Gasteiger partial charge is 0.487 e. The number of ether oxygens (including phenoxy) is 2. The first kappa shape index (κ1) is 14.9. The molecule has 0 radical (unpaired) electrons. The molecule has 0 fully saturated rings. The van der Waals surface area contributed by atoms with Crippen LogP contribution in [0.5, 0.6) is 5.75 Å². The molecule has 1 aliphatic rings. The highest BCUT2D eigenvalue weighted by atomic mass is 16.5. The zero-order valence-electron chi connectivity index (χ0n) is 13.2. The lowest BCUT2D eigenvalue weighted by Gasteiger charge is -2.37. The Balaban J connectivity index is 2.27. The van der Waals surface area contributed by atoms with Crippen LogP contribution in [0.25, 0.3) is 11.0 Å². The molecule has 0 spiro atoms. The third-order valence-electron chi connectivity index (χ3n) is 4.04. The Morgan fingerprint density at radius 1 is 1.45 bits per heavy atom. The van der Waals surface area contributed by atoms with E-state index in [2.05, 4.69) is 0 Å². The van der Waals surface area contributed by atoms with Gasteiger partial charge in [-0.25, -0.2) is 4.79 Å². The van der Waals surface area contributed by atoms with Crippen LogP contribution in [-0.4, -0.2) is 23.3 Å². The van der Waals surface area contributed by atoms with E-state index in [0.29, 0.717) is 24.2 Å². The lowest BCUT2D eigenvalue weighted by molar-refractivity contribution is -0.0264. The van der Waals surface area contributed by atoms with Gasteiger partial charge in [0.15, 0.2) is 0 Å². The Kier molecular flexibility index (Phi) is 3.40. The lowest BCUT2D eigenvalue weighted by Crippen LogP contribution is -2.35. The number of carbonyl (C=O) groups is 1. The predicted molar refractivity (Wildman–Crippen MR) is 81.6 cm³/mol. The molecule has 0 saturated carbocycles. The van der Waals surface area contributed by atoms with Crippen molar-refractivity contribution in [2.75, 3.05) is 6.61 Å². The first-order chi connectivity index (χ1) is 10.3. The van der Waals surface area contributed by atoms with Crippen LogP contribution in [0.4, 0.5) is 0 Å². The Morgan fingerprint density at radius 3 is 2.82 bits per heavy atom. The van der Waals surface area contributed by atoms with Crippen LogP contribution >= 0.6 is 0 Å². The number of benzene rings is 1. The average Bonchev–Trinajstić information content (AvgIpc) is 2.75. The third kappa shape index (κ3) is 2.25. The van der Waals surface area contributed by atoms with Gasteiger partial charge in [-0.15, -0.1) is 0 Å². The summed E-state index contributed by atoms with van der Waals surface area (Å²) in [4.78, 5) is 11.3. The van der Waals surface area contributed by atoms with Gasteiger partial charge in [-0.3, -0.25) is 0 Å². The van der Waals surface area contributed by atoms with E-state index in [1.54, 1.807) is 13.0 Å². The topological polar surface area (TPSA) is 68.9 Å². The molecule has 1 atom stereocenters. The van der Waals surface area contributed by atoms with E-state index in [0.717, 1.165) is 16.7 Å². The zero-order chi connectivity index (χ0) is 16.1. The molecular weight excluding hydrogens is 284 g/mol. The van der Waals surface area contributed by atoms with Crippen molar-refractivity contribution in [1.29, 1.82) is 0 Å². The minimum Gasteiger partial charge on any atom is -0.487 e. The Morgan fingerprint density at radius 2 is 2.18 bits per heavy atom. The van der Waals surface area contributed by atoms with E-state index in [1.807, 2.05) is 26.8 Å². The summed E-state index contributed by atoms with van der Waals surface area (Å²) in [5.74, 6) is -0.348. The Hall–Kier alpha value is -2.01. The van der Waals surface area contributed by atoms with Gasteiger partial charge in [0.2, 0.25) is 5.76 Å². The fourth-order valence-electron chi connectivity index (χ4n) is 3.20. The smallest absolute Gasteiger partial charge is 0.372 e. The number of rotatable bonds is 3. The predicted octanol–water partition coefficient (Wildman–Crippen LogP) is 4.08. The molecule has 22 heavy (non-hydrogen) atoms. The lowest BCUT2D eigenvalue weighted by atomic mass is 9.88. The zero-order valence-corrected chi connectivity index (χ0v) is 13.2. The van der Waals surface area contributed by atoms with Crippen LogP contribution < -0.4 is 4.74 Å². The Bertz CT molecular complexity index is 741. The molecule has 5 nitrogen and oxygen atoms in total. The van der Waals surface area contributed by atoms with Gasteiger partial charge in [0, 0.05) is 29.5 Å². The van der Waals surface area contributed by atoms with Gasteiger partial charge in [0.1, 0.15) is 16.9 Å². The fourth-order valence-corrected chi connectivity index (χ4v) is 3.20. The summed E-state index contributed by atoms with van der Waals surface area (Å²) in [5, 5.41) is 10.1. The number of hydrogen-bond acceptors (Lipinski definition) is 4. The number of furan rings is 1. The number of carboxylic acid groups (broad SMARTS) is 1. The molecule has 118 valence electrons. The molecule has 1 aromatic carbocycles. The van der Waals surface area contributed by atoms with E-state index >= 15 is 0 Å². The average molecular weight is 304 g/mol. The van der Waals surface area contributed by atoms with E-state index in [-0.39, 0.29) is 17.5 Å². The van der Waals surface area contributed by atoms with Crippen molar-refractivity contribution >= 4 is 16.9 Å². The molecule has 2 heterocycles. The molecule has 1 aromatic heterocycles. The van der Waals surface area contributed by atoms with Crippen LogP contribution in [0, 0.1) is 6.92 Å². The molecule has 1 N–H and O–H groups in total. The van der Waals surface area contributed by atoms with Crippen LogP contribution in [0.1, 0.15) is 55.0 Å². The minimum absolute atomic E-state index is 0.0246. The molecule has 1 aliphatic heterocycles. The fraction of sp³-hybridized carbons (Fsp3) is 0.471. The van der Waals surface area contributed by atoms with Crippen molar-refractivity contribution < 1.29 is 23.8 Å². The first-order valence-electron chi connectivity index (χ1n) is 7.44. The number of fused-ring (bicyclic) bond motifs is 3. The molecule has 0 aliphatic carbocycles. The van der Waals surface area contributed by atoms with E-state index in [4.69, 9.17) is 13.9 Å². The maximum Gasteiger partial charge on any atom is 0.372 e. The summed E-state index contributed by atoms with van der Waals surface area (Å²) in [5.41, 5.74) is 1.75. The van der Waals surface area contributed by atoms with Gasteiger partial charge in [-0.05, 0) is 39.8 Å². The second-order valence-electron chi connectivity index (χ2n) is 6.22. The number of aromatic carboxylic acids is 1. The first-order valence-corrected chi connectivity index (χ1v) is 7.44. The summed E-state index contributed by atoms with van der Waals surface area (Å²) in [6, 6.07) is 3.59. The number of aryl methyl sites for hydroxylation is 1. The normalized spacial score (nSPS) is 19.7. The molecule has 1 unspecified atom stereocenters. The maximum absolute atomic E-state index is 11.3. The highest BCUT2D eigenvalue weighted by Gasteiger charge is 2.37. The molecular formula is C17H20O5. The van der Waals surface area contributed by atoms with E-state index < -0.39 is 5.97 Å². The van der Waals surface area contributed by atoms with Crippen LogP contribution in [0.15, 0.2) is 16.5 Å². The monoisotopic (exact) mass is 304 g/mol. The van der Waals surface area contributed by atoms with Crippen molar-refractivity contribution in [2.45, 2.75) is 45.8 Å². The summed E-state index contributed by atoms with van der Waals surface area (Å²) in [7, 11) is 0. The number of carboxylic acids is 1. The summed E-state index contributed by atoms with van der Waals surface area (Å²) < 4.78 is 17.5. The maximum atomic E-state index is 11.3. The molecule has 0 saturated heterocycles. The van der Waals surface area contributed by atoms with Crippen LogP contribution in [-0.2, 0) is 4.74 Å². The number of hydrogen-bond donors (Lipinski definition) is 1. The van der Waals surface area contributed by atoms with Gasteiger partial charge in [-0.1, -0.05) is 0 Å². The summed E-state index contributed by atoms with van der Waals surface area (Å²) in [6.45, 7) is 8.35. The Labute approximate surface area is 128 Å². The highest BCUT2D eigenvalue weighted by molar-refractivity contribution is 5.97. The van der Waals surface area contributed by atoms with Gasteiger partial charge < -0.3 is 19.0 Å². The minimum atomic E-state index is -1.06. The quantitative estimate of drug-likeness (QED) is 0.925. The van der Waals surface area contributed by atoms with Gasteiger partial charge >= 0.3 is 5.97 Å². The molecule has 0 bridgehead atoms. The van der Waals surface area contributed by atoms with Crippen molar-refractivity contribution in [1.82, 2.24) is 0 Å². The molecule has 5 heteroatoms. The molecule has 0 amide bonds. The molecule has 3 rings (SSSR count). The summed E-state index contributed by atoms with van der Waals surface area (Å²) >= 11 is 0. The second kappa shape index (κ2) is 5.02. The van der Waals surface area contributed by atoms with Gasteiger partial charge in [0.25, 0.3) is 0 Å². The van der Waals surface area contributed by atoms with Crippen LogP contribution in [0.2, 0.25) is 0 Å². The van der Waals surface area contributed by atoms with Crippen molar-refractivity contribution in [3.8, 4) is 5.75 Å². The highest BCUT2D eigenvalue weighted by Crippen LogP contribution is 2.46. The third-order valence-corrected chi connectivity index (χ3v) is 4.04. The molecule has 2 aromatic rings. The SMILES string of the molecule is CCOC1CC(C)(C)Oc2ccc3oc(C(=O)O)c(C)c3c21. The second-order valence-corrected chi connectivity index (χ2v) is 6.22. The summed E-state index contributed by atoms with van der Waals surface area (Å²) in [6.07, 6.45) is 0.574. The van der Waals surface area contributed by atoms with Crippen molar-refractivity contribution in [3.63, 3.8) is 0 Å².